The second-order valence-electron chi connectivity index (χ2n) is 7.05. The van der Waals surface area contributed by atoms with Gasteiger partial charge in [0.15, 0.2) is 0 Å². The number of aromatic nitrogens is 2. The van der Waals surface area contributed by atoms with Gasteiger partial charge < -0.3 is 9.29 Å². The molecule has 0 aliphatic heterocycles. The summed E-state index contributed by atoms with van der Waals surface area (Å²) in [6.07, 6.45) is 3.19. The van der Waals surface area contributed by atoms with Crippen molar-refractivity contribution in [1.82, 2.24) is 9.97 Å². The van der Waals surface area contributed by atoms with Crippen molar-refractivity contribution < 1.29 is 9.29 Å². The van der Waals surface area contributed by atoms with E-state index in [0.29, 0.717) is 28.5 Å². The van der Waals surface area contributed by atoms with Crippen molar-refractivity contribution in [2.45, 2.75) is 32.1 Å². The van der Waals surface area contributed by atoms with Crippen molar-refractivity contribution in [3.05, 3.63) is 64.0 Å². The molecule has 1 unspecified atom stereocenters. The molecule has 0 amide bonds. The molecule has 2 aromatic heterocycles. The van der Waals surface area contributed by atoms with Gasteiger partial charge in [0.05, 0.1) is 22.4 Å². The second kappa shape index (κ2) is 8.66. The Labute approximate surface area is 177 Å². The molecule has 0 saturated carbocycles. The van der Waals surface area contributed by atoms with Crippen LogP contribution in [-0.4, -0.2) is 25.5 Å². The maximum atomic E-state index is 12.1. The van der Waals surface area contributed by atoms with Crippen LogP contribution in [0.5, 0.6) is 5.75 Å². The molecule has 0 radical (unpaired) electrons. The average molecular weight is 436 g/mol. The van der Waals surface area contributed by atoms with Gasteiger partial charge in [0.25, 0.3) is 0 Å². The predicted octanol–water partition coefficient (Wildman–Crippen LogP) is 5.40. The van der Waals surface area contributed by atoms with Crippen LogP contribution in [0.2, 0.25) is 10.2 Å². The highest BCUT2D eigenvalue weighted by molar-refractivity contribution is 7.91. The Morgan fingerprint density at radius 1 is 1.21 bits per heavy atom. The third kappa shape index (κ3) is 5.14. The van der Waals surface area contributed by atoms with Crippen molar-refractivity contribution in [2.24, 2.45) is 4.40 Å². The van der Waals surface area contributed by atoms with Crippen LogP contribution in [0.3, 0.4) is 0 Å². The van der Waals surface area contributed by atoms with Crippen molar-refractivity contribution in [3.63, 3.8) is 0 Å². The second-order valence-corrected chi connectivity index (χ2v) is 9.75. The first-order valence-corrected chi connectivity index (χ1v) is 10.4. The summed E-state index contributed by atoms with van der Waals surface area (Å²) in [5.41, 5.74) is 2.01. The predicted molar refractivity (Wildman–Crippen MR) is 116 cm³/mol. The molecule has 1 atom stereocenters. The number of pyridine rings is 2. The molecule has 28 heavy (non-hydrogen) atoms. The van der Waals surface area contributed by atoms with Gasteiger partial charge in [-0.15, -0.1) is 0 Å². The summed E-state index contributed by atoms with van der Waals surface area (Å²) in [6, 6.07) is 10.9. The first-order valence-electron chi connectivity index (χ1n) is 8.52. The standard InChI is InChI=1S/C20H19Cl2N3O2S/c1-20(2,3)28(26)24-11-14-8-13-9-16(21)18(10-17(13)25-19(14)22)27-12-15-6-4-5-7-23-15/h4-11H,12H2,1-3H3/b24-11+. The molecule has 0 bridgehead atoms. The Morgan fingerprint density at radius 3 is 2.68 bits per heavy atom. The van der Waals surface area contributed by atoms with Crippen LogP contribution in [0, 0.1) is 0 Å². The SMILES string of the molecule is CC(C)(C)[S+]([O-])/N=C/c1cc2cc(Cl)c(OCc3ccccn3)cc2nc1Cl. The molecule has 3 aromatic rings. The summed E-state index contributed by atoms with van der Waals surface area (Å²) >= 11 is 11.3. The largest absolute Gasteiger partial charge is 0.591 e. The number of hydrogen-bond acceptors (Lipinski definition) is 5. The van der Waals surface area contributed by atoms with Crippen molar-refractivity contribution in [3.8, 4) is 5.75 Å². The van der Waals surface area contributed by atoms with Gasteiger partial charge in [-0.25, -0.2) is 4.98 Å². The molecular weight excluding hydrogens is 417 g/mol. The maximum Gasteiger partial charge on any atom is 0.144 e. The fraction of sp³-hybridized carbons (Fsp3) is 0.250. The highest BCUT2D eigenvalue weighted by Gasteiger charge is 2.26. The maximum absolute atomic E-state index is 12.1. The lowest BCUT2D eigenvalue weighted by atomic mass is 10.1. The highest BCUT2D eigenvalue weighted by atomic mass is 35.5. The van der Waals surface area contributed by atoms with Crippen LogP contribution in [-0.2, 0) is 18.0 Å². The Morgan fingerprint density at radius 2 is 2.00 bits per heavy atom. The van der Waals surface area contributed by atoms with E-state index in [1.165, 1.54) is 6.21 Å². The molecule has 1 aromatic carbocycles. The van der Waals surface area contributed by atoms with Gasteiger partial charge >= 0.3 is 0 Å². The summed E-state index contributed by atoms with van der Waals surface area (Å²) in [5.74, 6) is 0.499. The average Bonchev–Trinajstić information content (AvgIpc) is 2.65. The molecule has 5 nitrogen and oxygen atoms in total. The van der Waals surface area contributed by atoms with Crippen molar-refractivity contribution in [1.29, 1.82) is 0 Å². The number of ether oxygens (including phenoxy) is 1. The van der Waals surface area contributed by atoms with E-state index >= 15 is 0 Å². The molecule has 0 aliphatic carbocycles. The third-order valence-corrected chi connectivity index (χ3v) is 5.70. The molecular formula is C20H19Cl2N3O2S. The summed E-state index contributed by atoms with van der Waals surface area (Å²) < 4.78 is 21.5. The van der Waals surface area contributed by atoms with E-state index in [0.717, 1.165) is 11.1 Å². The first kappa shape index (κ1) is 20.9. The molecule has 0 saturated heterocycles. The van der Waals surface area contributed by atoms with Gasteiger partial charge in [0.1, 0.15) is 33.6 Å². The van der Waals surface area contributed by atoms with Gasteiger partial charge in [-0.1, -0.05) is 33.7 Å². The van der Waals surface area contributed by atoms with Gasteiger partial charge in [-0.05, 0) is 45.0 Å². The molecule has 2 heterocycles. The molecule has 0 N–H and O–H groups in total. The van der Waals surface area contributed by atoms with Gasteiger partial charge in [0.2, 0.25) is 0 Å². The van der Waals surface area contributed by atoms with Crippen molar-refractivity contribution in [2.75, 3.05) is 0 Å². The Hall–Kier alpha value is -1.86. The van der Waals surface area contributed by atoms with E-state index in [-0.39, 0.29) is 5.15 Å². The van der Waals surface area contributed by atoms with Crippen LogP contribution < -0.4 is 4.74 Å². The molecule has 146 valence electrons. The Bertz CT molecular complexity index is 1010. The number of hydrogen-bond donors (Lipinski definition) is 0. The van der Waals surface area contributed by atoms with Crippen LogP contribution >= 0.6 is 23.2 Å². The zero-order valence-electron chi connectivity index (χ0n) is 15.6. The van der Waals surface area contributed by atoms with E-state index in [2.05, 4.69) is 14.4 Å². The molecule has 0 spiro atoms. The topological polar surface area (TPSA) is 70.4 Å². The third-order valence-electron chi connectivity index (χ3n) is 3.76. The van der Waals surface area contributed by atoms with E-state index in [4.69, 9.17) is 27.9 Å². The Balaban J connectivity index is 1.86. The number of fused-ring (bicyclic) bond motifs is 1. The molecule has 3 rings (SSSR count). The van der Waals surface area contributed by atoms with E-state index in [1.807, 2.05) is 45.0 Å². The first-order chi connectivity index (χ1) is 13.2. The quantitative estimate of drug-likeness (QED) is 0.305. The summed E-state index contributed by atoms with van der Waals surface area (Å²) in [5, 5.41) is 1.50. The highest BCUT2D eigenvalue weighted by Crippen LogP contribution is 2.31. The van der Waals surface area contributed by atoms with E-state index in [1.54, 1.807) is 18.3 Å². The molecule has 0 fully saturated rings. The molecule has 8 heteroatoms. The normalized spacial score (nSPS) is 13.2. The van der Waals surface area contributed by atoms with Gasteiger partial charge in [0, 0.05) is 23.2 Å². The summed E-state index contributed by atoms with van der Waals surface area (Å²) in [7, 11) is 0. The Kier molecular flexibility index (Phi) is 6.45. The van der Waals surface area contributed by atoms with E-state index in [9.17, 15) is 4.55 Å². The van der Waals surface area contributed by atoms with Gasteiger partial charge in [-0.2, -0.15) is 0 Å². The van der Waals surface area contributed by atoms with Crippen molar-refractivity contribution >= 4 is 51.7 Å². The number of nitrogens with zero attached hydrogens (tertiary/aromatic N) is 3. The molecule has 0 aliphatic rings. The van der Waals surface area contributed by atoms with Crippen LogP contribution in [0.15, 0.2) is 47.0 Å². The fourth-order valence-electron chi connectivity index (χ4n) is 2.27. The van der Waals surface area contributed by atoms with Gasteiger partial charge in [-0.3, -0.25) is 4.98 Å². The summed E-state index contributed by atoms with van der Waals surface area (Å²) in [4.78, 5) is 8.61. The lowest BCUT2D eigenvalue weighted by Gasteiger charge is -2.17. The minimum absolute atomic E-state index is 0.264. The number of rotatable bonds is 5. The minimum atomic E-state index is -1.38. The zero-order chi connectivity index (χ0) is 20.3. The zero-order valence-corrected chi connectivity index (χ0v) is 18.0. The van der Waals surface area contributed by atoms with Crippen LogP contribution in [0.25, 0.3) is 10.9 Å². The number of benzene rings is 1. The minimum Gasteiger partial charge on any atom is -0.591 e. The lowest BCUT2D eigenvalue weighted by Crippen LogP contribution is -2.25. The smallest absolute Gasteiger partial charge is 0.144 e. The summed E-state index contributed by atoms with van der Waals surface area (Å²) in [6.45, 7) is 5.86. The van der Waals surface area contributed by atoms with Crippen LogP contribution in [0.1, 0.15) is 32.0 Å². The monoisotopic (exact) mass is 435 g/mol. The van der Waals surface area contributed by atoms with E-state index < -0.39 is 16.1 Å². The number of halogens is 2. The van der Waals surface area contributed by atoms with Crippen LogP contribution in [0.4, 0.5) is 0 Å². The lowest BCUT2D eigenvalue weighted by molar-refractivity contribution is 0.302. The fourth-order valence-corrected chi connectivity index (χ4v) is 3.21.